The van der Waals surface area contributed by atoms with Crippen molar-refractivity contribution in [2.75, 3.05) is 33.5 Å². The van der Waals surface area contributed by atoms with E-state index in [1.165, 1.54) is 17.7 Å². The smallest absolute Gasteiger partial charge is 0.408 e. The zero-order valence-corrected chi connectivity index (χ0v) is 23.8. The fourth-order valence-electron chi connectivity index (χ4n) is 4.03. The van der Waals surface area contributed by atoms with Crippen LogP contribution in [0.1, 0.15) is 61.2 Å². The highest BCUT2D eigenvalue weighted by atomic mass is 19.4. The summed E-state index contributed by atoms with van der Waals surface area (Å²) in [4.78, 5) is 17.3. The maximum absolute atomic E-state index is 13.6. The molecule has 0 atom stereocenters. The standard InChI is InChI=1S/C27H36F3N5O5/c1-8-39-24-17(3)16(2)23-32-34(25(35(23)33-24)31-15-27(28,29)30)14-20(37)18-12-19(26(4,5)6)22(38-7)21(13-18)40-11-9-10-36/h12-13,36H,8-11,14-15H2,1-7H3/b31-25+. The van der Waals surface area contributed by atoms with E-state index in [1.54, 1.807) is 26.8 Å². The number of fused-ring (bicyclic) bond motifs is 1. The number of hydrogen-bond donors (Lipinski definition) is 1. The van der Waals surface area contributed by atoms with E-state index in [1.807, 2.05) is 20.8 Å². The molecule has 2 heterocycles. The van der Waals surface area contributed by atoms with Crippen molar-refractivity contribution in [2.45, 2.75) is 66.1 Å². The number of carbonyl (C=O) groups is 1. The number of carbonyl (C=O) groups excluding carboxylic acids is 1. The SMILES string of the molecule is CCOc1nn2/c(=N/CC(F)(F)F)n(CC(=O)c3cc(OCCCO)c(OC)c(C(C)(C)C)c3)nc2c(C)c1C. The molecule has 0 bridgehead atoms. The predicted molar refractivity (Wildman–Crippen MR) is 141 cm³/mol. The summed E-state index contributed by atoms with van der Waals surface area (Å²) in [5, 5.41) is 17.9. The fraction of sp³-hybridized carbons (Fsp3) is 0.556. The van der Waals surface area contributed by atoms with Gasteiger partial charge in [-0.25, -0.2) is 9.67 Å². The summed E-state index contributed by atoms with van der Waals surface area (Å²) >= 11 is 0. The van der Waals surface area contributed by atoms with Gasteiger partial charge >= 0.3 is 6.18 Å². The van der Waals surface area contributed by atoms with Crippen molar-refractivity contribution in [1.29, 1.82) is 0 Å². The molecule has 3 rings (SSSR count). The minimum Gasteiger partial charge on any atom is -0.493 e. The maximum atomic E-state index is 13.6. The van der Waals surface area contributed by atoms with Crippen LogP contribution in [0.25, 0.3) is 5.65 Å². The van der Waals surface area contributed by atoms with Gasteiger partial charge in [-0.2, -0.15) is 17.7 Å². The molecule has 0 fully saturated rings. The number of aromatic nitrogens is 4. The normalized spacial score (nSPS) is 12.7. The molecule has 0 radical (unpaired) electrons. The highest BCUT2D eigenvalue weighted by Crippen LogP contribution is 2.40. The van der Waals surface area contributed by atoms with Gasteiger partial charge in [0.15, 0.2) is 22.9 Å². The van der Waals surface area contributed by atoms with Crippen LogP contribution in [-0.4, -0.2) is 69.9 Å². The van der Waals surface area contributed by atoms with Gasteiger partial charge in [0.2, 0.25) is 11.5 Å². The molecule has 0 aliphatic heterocycles. The number of nitrogens with zero attached hydrogens (tertiary/aromatic N) is 5. The van der Waals surface area contributed by atoms with Gasteiger partial charge in [0.1, 0.15) is 13.1 Å². The van der Waals surface area contributed by atoms with Crippen molar-refractivity contribution in [3.05, 3.63) is 40.0 Å². The highest BCUT2D eigenvalue weighted by molar-refractivity contribution is 5.97. The number of benzene rings is 1. The molecule has 13 heteroatoms. The fourth-order valence-corrected chi connectivity index (χ4v) is 4.03. The number of rotatable bonds is 11. The van der Waals surface area contributed by atoms with Crippen molar-refractivity contribution in [1.82, 2.24) is 19.4 Å². The Morgan fingerprint density at radius 2 is 1.80 bits per heavy atom. The molecule has 0 amide bonds. The van der Waals surface area contributed by atoms with Crippen LogP contribution in [0.3, 0.4) is 0 Å². The number of methoxy groups -OCH3 is 1. The Balaban J connectivity index is 2.17. The van der Waals surface area contributed by atoms with E-state index < -0.39 is 30.5 Å². The van der Waals surface area contributed by atoms with E-state index in [9.17, 15) is 18.0 Å². The lowest BCUT2D eigenvalue weighted by Crippen LogP contribution is -2.30. The number of aryl methyl sites for hydroxylation is 1. The van der Waals surface area contributed by atoms with Crippen LogP contribution in [-0.2, 0) is 12.0 Å². The van der Waals surface area contributed by atoms with E-state index in [0.717, 1.165) is 4.68 Å². The molecule has 0 aliphatic carbocycles. The first-order valence-electron chi connectivity index (χ1n) is 12.9. The van der Waals surface area contributed by atoms with Gasteiger partial charge in [0.25, 0.3) is 0 Å². The Bertz CT molecular complexity index is 1440. The van der Waals surface area contributed by atoms with Crippen molar-refractivity contribution >= 4 is 11.4 Å². The monoisotopic (exact) mass is 567 g/mol. The second-order valence-electron chi connectivity index (χ2n) is 10.3. The van der Waals surface area contributed by atoms with Gasteiger partial charge in [-0.3, -0.25) is 4.79 Å². The van der Waals surface area contributed by atoms with Gasteiger partial charge in [-0.1, -0.05) is 20.8 Å². The van der Waals surface area contributed by atoms with Crippen LogP contribution in [0.4, 0.5) is 13.2 Å². The number of hydrogen-bond acceptors (Lipinski definition) is 8. The Morgan fingerprint density at radius 1 is 1.10 bits per heavy atom. The summed E-state index contributed by atoms with van der Waals surface area (Å²) < 4.78 is 58.8. The van der Waals surface area contributed by atoms with Crippen LogP contribution in [0, 0.1) is 13.8 Å². The number of alkyl halides is 3. The topological polar surface area (TPSA) is 112 Å². The van der Waals surface area contributed by atoms with Gasteiger partial charge in [-0.05, 0) is 38.3 Å². The number of aliphatic hydroxyl groups is 1. The molecule has 40 heavy (non-hydrogen) atoms. The lowest BCUT2D eigenvalue weighted by atomic mass is 9.84. The summed E-state index contributed by atoms with van der Waals surface area (Å²) in [5.41, 5.74) is 1.85. The molecule has 0 spiro atoms. The molecule has 0 saturated heterocycles. The zero-order chi connectivity index (χ0) is 29.8. The second-order valence-corrected chi connectivity index (χ2v) is 10.3. The number of ketones is 1. The molecule has 3 aromatic rings. The van der Waals surface area contributed by atoms with Crippen LogP contribution < -0.4 is 19.8 Å². The van der Waals surface area contributed by atoms with Gasteiger partial charge in [-0.15, -0.1) is 10.2 Å². The number of ether oxygens (including phenoxy) is 3. The molecule has 2 aromatic heterocycles. The minimum absolute atomic E-state index is 0.0697. The summed E-state index contributed by atoms with van der Waals surface area (Å²) in [6.45, 7) is 9.69. The van der Waals surface area contributed by atoms with Crippen LogP contribution in [0.2, 0.25) is 0 Å². The van der Waals surface area contributed by atoms with Crippen LogP contribution in [0.5, 0.6) is 17.4 Å². The van der Waals surface area contributed by atoms with E-state index in [0.29, 0.717) is 41.2 Å². The molecular weight excluding hydrogens is 531 g/mol. The van der Waals surface area contributed by atoms with Gasteiger partial charge < -0.3 is 19.3 Å². The van der Waals surface area contributed by atoms with E-state index in [4.69, 9.17) is 19.3 Å². The molecule has 1 N–H and O–H groups in total. The summed E-state index contributed by atoms with van der Waals surface area (Å²) in [6, 6.07) is 3.21. The van der Waals surface area contributed by atoms with Gasteiger partial charge in [0.05, 0.1) is 20.3 Å². The molecular formula is C27H36F3N5O5. The quantitative estimate of drug-likeness (QED) is 0.276. The largest absolute Gasteiger partial charge is 0.493 e. The summed E-state index contributed by atoms with van der Waals surface area (Å²) in [6.07, 6.45) is -4.20. The third-order valence-electron chi connectivity index (χ3n) is 6.17. The van der Waals surface area contributed by atoms with Crippen molar-refractivity contribution < 1.29 is 37.3 Å². The average molecular weight is 568 g/mol. The molecule has 0 aliphatic rings. The minimum atomic E-state index is -4.58. The lowest BCUT2D eigenvalue weighted by Gasteiger charge is -2.25. The Morgan fingerprint density at radius 3 is 2.38 bits per heavy atom. The molecule has 1 aromatic carbocycles. The van der Waals surface area contributed by atoms with Crippen molar-refractivity contribution in [3.8, 4) is 17.4 Å². The zero-order valence-electron chi connectivity index (χ0n) is 23.8. The van der Waals surface area contributed by atoms with E-state index >= 15 is 0 Å². The average Bonchev–Trinajstić information content (AvgIpc) is 3.21. The second kappa shape index (κ2) is 12.3. The maximum Gasteiger partial charge on any atom is 0.408 e. The third-order valence-corrected chi connectivity index (χ3v) is 6.17. The molecule has 220 valence electrons. The summed E-state index contributed by atoms with van der Waals surface area (Å²) in [5.74, 6) is 0.586. The van der Waals surface area contributed by atoms with E-state index in [2.05, 4.69) is 15.2 Å². The molecule has 0 unspecified atom stereocenters. The third kappa shape index (κ3) is 6.93. The molecule has 10 nitrogen and oxygen atoms in total. The summed E-state index contributed by atoms with van der Waals surface area (Å²) in [7, 11) is 1.50. The Hall–Kier alpha value is -3.61. The number of aliphatic hydroxyl groups excluding tert-OH is 1. The predicted octanol–water partition coefficient (Wildman–Crippen LogP) is 3.96. The van der Waals surface area contributed by atoms with Crippen LogP contribution in [0.15, 0.2) is 17.1 Å². The highest BCUT2D eigenvalue weighted by Gasteiger charge is 2.28. The molecule has 0 saturated carbocycles. The lowest BCUT2D eigenvalue weighted by molar-refractivity contribution is -0.118. The van der Waals surface area contributed by atoms with Crippen molar-refractivity contribution in [2.24, 2.45) is 4.99 Å². The van der Waals surface area contributed by atoms with E-state index in [-0.39, 0.29) is 35.9 Å². The number of halogens is 3. The number of Topliss-reactive ketones (excluding diaryl/α,β-unsaturated/α-hetero) is 1. The van der Waals surface area contributed by atoms with Crippen molar-refractivity contribution in [3.63, 3.8) is 0 Å². The van der Waals surface area contributed by atoms with Gasteiger partial charge in [0, 0.05) is 35.3 Å². The van der Waals surface area contributed by atoms with Crippen LogP contribution >= 0.6 is 0 Å². The Labute approximate surface area is 230 Å². The first-order chi connectivity index (χ1) is 18.7. The first-order valence-corrected chi connectivity index (χ1v) is 12.9. The first kappa shape index (κ1) is 30.9. The Kier molecular flexibility index (Phi) is 9.49.